The van der Waals surface area contributed by atoms with Crippen LogP contribution in [0.2, 0.25) is 5.02 Å². The van der Waals surface area contributed by atoms with Crippen molar-refractivity contribution in [2.45, 2.75) is 6.61 Å². The lowest BCUT2D eigenvalue weighted by atomic mass is 10.2. The van der Waals surface area contributed by atoms with Crippen LogP contribution in [-0.4, -0.2) is 10.2 Å². The average Bonchev–Trinajstić information content (AvgIpc) is 2.30. The van der Waals surface area contributed by atoms with Gasteiger partial charge >= 0.3 is 0 Å². The number of H-pyrrole nitrogens is 1. The van der Waals surface area contributed by atoms with E-state index in [1.807, 2.05) is 18.2 Å². The molecule has 1 aromatic carbocycles. The first-order valence-corrected chi connectivity index (χ1v) is 5.05. The summed E-state index contributed by atoms with van der Waals surface area (Å²) < 4.78 is 5.36. The lowest BCUT2D eigenvalue weighted by molar-refractivity contribution is 0.290. The summed E-state index contributed by atoms with van der Waals surface area (Å²) in [5.41, 5.74) is 0.613. The third-order valence-corrected chi connectivity index (χ3v) is 2.36. The van der Waals surface area contributed by atoms with Gasteiger partial charge in [0.15, 0.2) is 0 Å². The van der Waals surface area contributed by atoms with E-state index in [4.69, 9.17) is 16.3 Å². The molecular weight excluding hydrogens is 228 g/mol. The van der Waals surface area contributed by atoms with Gasteiger partial charge in [-0.2, -0.15) is 0 Å². The van der Waals surface area contributed by atoms with Gasteiger partial charge in [0.2, 0.25) is 5.88 Å². The van der Waals surface area contributed by atoms with Crippen LogP contribution in [0.3, 0.4) is 0 Å². The highest BCUT2D eigenvalue weighted by molar-refractivity contribution is 6.31. The largest absolute Gasteiger partial charge is 0.472 e. The second-order valence-electron chi connectivity index (χ2n) is 3.14. The van der Waals surface area contributed by atoms with Crippen LogP contribution >= 0.6 is 11.6 Å². The van der Waals surface area contributed by atoms with Crippen molar-refractivity contribution in [3.05, 3.63) is 57.3 Å². The van der Waals surface area contributed by atoms with Gasteiger partial charge in [-0.3, -0.25) is 4.79 Å². The molecule has 0 fully saturated rings. The fourth-order valence-corrected chi connectivity index (χ4v) is 1.37. The van der Waals surface area contributed by atoms with E-state index >= 15 is 0 Å². The Bertz CT molecular complexity index is 519. The normalized spacial score (nSPS) is 10.1. The van der Waals surface area contributed by atoms with E-state index in [0.717, 1.165) is 5.56 Å². The number of ether oxygens (including phenoxy) is 1. The van der Waals surface area contributed by atoms with Crippen molar-refractivity contribution in [2.75, 3.05) is 0 Å². The average molecular weight is 237 g/mol. The van der Waals surface area contributed by atoms with Crippen molar-refractivity contribution in [1.29, 1.82) is 0 Å². The summed E-state index contributed by atoms with van der Waals surface area (Å²) in [6.07, 6.45) is 0. The molecule has 1 N–H and O–H groups in total. The molecule has 0 radical (unpaired) electrons. The molecule has 0 saturated heterocycles. The highest BCUT2D eigenvalue weighted by Crippen LogP contribution is 2.16. The maximum absolute atomic E-state index is 10.8. The van der Waals surface area contributed by atoms with Gasteiger partial charge < -0.3 is 4.74 Å². The molecule has 0 amide bonds. The van der Waals surface area contributed by atoms with E-state index < -0.39 is 0 Å². The summed E-state index contributed by atoms with van der Waals surface area (Å²) in [6.45, 7) is 0.318. The fraction of sp³-hybridized carbons (Fsp3) is 0.0909. The standard InChI is InChI=1S/C11H9ClN2O2/c12-9-4-2-1-3-8(9)7-16-11-6-5-10(15)13-14-11/h1-6H,7H2,(H,13,15). The van der Waals surface area contributed by atoms with Crippen LogP contribution in [0.4, 0.5) is 0 Å². The number of aromatic amines is 1. The Kier molecular flexibility index (Phi) is 3.22. The first-order valence-electron chi connectivity index (χ1n) is 4.67. The van der Waals surface area contributed by atoms with Crippen LogP contribution in [0.25, 0.3) is 0 Å². The number of benzene rings is 1. The molecule has 1 aromatic heterocycles. The van der Waals surface area contributed by atoms with Gasteiger partial charge in [-0.25, -0.2) is 5.10 Å². The van der Waals surface area contributed by atoms with Crippen molar-refractivity contribution in [3.8, 4) is 5.88 Å². The van der Waals surface area contributed by atoms with Crippen molar-refractivity contribution in [3.63, 3.8) is 0 Å². The summed E-state index contributed by atoms with van der Waals surface area (Å²) in [6, 6.07) is 10.3. The maximum atomic E-state index is 10.8. The molecule has 82 valence electrons. The molecule has 0 aliphatic carbocycles. The summed E-state index contributed by atoms with van der Waals surface area (Å²) >= 11 is 5.96. The van der Waals surface area contributed by atoms with Crippen molar-refractivity contribution < 1.29 is 4.74 Å². The molecule has 4 nitrogen and oxygen atoms in total. The Morgan fingerprint density at radius 3 is 2.75 bits per heavy atom. The van der Waals surface area contributed by atoms with Crippen LogP contribution < -0.4 is 10.3 Å². The molecule has 0 unspecified atom stereocenters. The van der Waals surface area contributed by atoms with Crippen LogP contribution in [0.15, 0.2) is 41.2 Å². The van der Waals surface area contributed by atoms with Crippen LogP contribution in [0.1, 0.15) is 5.56 Å². The number of aromatic nitrogens is 2. The first-order chi connectivity index (χ1) is 7.75. The highest BCUT2D eigenvalue weighted by Gasteiger charge is 2.00. The lowest BCUT2D eigenvalue weighted by Crippen LogP contribution is -2.07. The summed E-state index contributed by atoms with van der Waals surface area (Å²) in [4.78, 5) is 10.8. The highest BCUT2D eigenvalue weighted by atomic mass is 35.5. The van der Waals surface area contributed by atoms with E-state index in [1.165, 1.54) is 12.1 Å². The minimum absolute atomic E-state index is 0.259. The molecule has 0 saturated carbocycles. The monoisotopic (exact) mass is 236 g/mol. The van der Waals surface area contributed by atoms with E-state index in [-0.39, 0.29) is 5.56 Å². The van der Waals surface area contributed by atoms with Gasteiger partial charge in [0.05, 0.1) is 0 Å². The molecule has 1 heterocycles. The maximum Gasteiger partial charge on any atom is 0.264 e. The van der Waals surface area contributed by atoms with E-state index in [0.29, 0.717) is 17.5 Å². The van der Waals surface area contributed by atoms with E-state index in [9.17, 15) is 4.79 Å². The molecule has 0 spiro atoms. The molecular formula is C11H9ClN2O2. The third kappa shape index (κ3) is 2.61. The topological polar surface area (TPSA) is 55.0 Å². The zero-order chi connectivity index (χ0) is 11.4. The lowest BCUT2D eigenvalue weighted by Gasteiger charge is -2.05. The second-order valence-corrected chi connectivity index (χ2v) is 3.55. The zero-order valence-electron chi connectivity index (χ0n) is 8.31. The minimum atomic E-state index is -0.259. The smallest absolute Gasteiger partial charge is 0.264 e. The van der Waals surface area contributed by atoms with Crippen molar-refractivity contribution >= 4 is 11.6 Å². The van der Waals surface area contributed by atoms with Crippen molar-refractivity contribution in [1.82, 2.24) is 10.2 Å². The third-order valence-electron chi connectivity index (χ3n) is 1.99. The predicted octanol–water partition coefficient (Wildman–Crippen LogP) is 2.00. The molecule has 0 atom stereocenters. The van der Waals surface area contributed by atoms with E-state index in [2.05, 4.69) is 10.2 Å². The summed E-state index contributed by atoms with van der Waals surface area (Å²) in [7, 11) is 0. The minimum Gasteiger partial charge on any atom is -0.472 e. The van der Waals surface area contributed by atoms with Crippen LogP contribution in [-0.2, 0) is 6.61 Å². The number of nitrogens with zero attached hydrogens (tertiary/aromatic N) is 1. The molecule has 0 bridgehead atoms. The molecule has 2 aromatic rings. The number of hydrogen-bond donors (Lipinski definition) is 1. The Hall–Kier alpha value is -1.81. The SMILES string of the molecule is O=c1ccc(OCc2ccccc2Cl)n[nH]1. The zero-order valence-corrected chi connectivity index (χ0v) is 9.07. The number of halogens is 1. The fourth-order valence-electron chi connectivity index (χ4n) is 1.18. The van der Waals surface area contributed by atoms with Crippen LogP contribution in [0.5, 0.6) is 5.88 Å². The molecule has 0 aliphatic heterocycles. The van der Waals surface area contributed by atoms with Gasteiger partial charge in [-0.05, 0) is 6.07 Å². The number of rotatable bonds is 3. The number of hydrogen-bond acceptors (Lipinski definition) is 3. The molecule has 5 heteroatoms. The molecule has 16 heavy (non-hydrogen) atoms. The van der Waals surface area contributed by atoms with E-state index in [1.54, 1.807) is 6.07 Å². The van der Waals surface area contributed by atoms with Crippen LogP contribution in [0, 0.1) is 0 Å². The summed E-state index contributed by atoms with van der Waals surface area (Å²) in [5, 5.41) is 6.65. The number of nitrogens with one attached hydrogen (secondary N) is 1. The quantitative estimate of drug-likeness (QED) is 0.887. The predicted molar refractivity (Wildman–Crippen MR) is 60.6 cm³/mol. The Morgan fingerprint density at radius 2 is 2.06 bits per heavy atom. The first kappa shape index (κ1) is 10.7. The Labute approximate surface area is 96.8 Å². The Balaban J connectivity index is 2.05. The molecule has 0 aliphatic rings. The second kappa shape index (κ2) is 4.81. The van der Waals surface area contributed by atoms with Gasteiger partial charge in [0.1, 0.15) is 6.61 Å². The van der Waals surface area contributed by atoms with Gasteiger partial charge in [-0.15, -0.1) is 5.10 Å². The van der Waals surface area contributed by atoms with Gasteiger partial charge in [0.25, 0.3) is 5.56 Å². The van der Waals surface area contributed by atoms with Gasteiger partial charge in [0, 0.05) is 22.7 Å². The Morgan fingerprint density at radius 1 is 1.25 bits per heavy atom. The van der Waals surface area contributed by atoms with Gasteiger partial charge in [-0.1, -0.05) is 29.8 Å². The summed E-state index contributed by atoms with van der Waals surface area (Å²) in [5.74, 6) is 0.361. The molecule has 2 rings (SSSR count). The van der Waals surface area contributed by atoms with Crippen molar-refractivity contribution in [2.24, 2.45) is 0 Å².